The first-order valence-electron chi connectivity index (χ1n) is 8.82. The molecule has 0 amide bonds. The van der Waals surface area contributed by atoms with E-state index in [9.17, 15) is 8.42 Å². The number of nitrogens with one attached hydrogen (secondary N) is 2. The molecule has 3 rings (SSSR count). The van der Waals surface area contributed by atoms with Crippen LogP contribution >= 0.6 is 12.4 Å². The van der Waals surface area contributed by atoms with E-state index in [-0.39, 0.29) is 18.2 Å². The molecular weight excluding hydrogens is 360 g/mol. The third-order valence-corrected chi connectivity index (χ3v) is 5.96. The first kappa shape index (κ1) is 20.6. The van der Waals surface area contributed by atoms with E-state index in [4.69, 9.17) is 4.74 Å². The number of halogens is 1. The molecule has 0 spiro atoms. The lowest BCUT2D eigenvalue weighted by Gasteiger charge is -2.33. The van der Waals surface area contributed by atoms with Crippen molar-refractivity contribution >= 4 is 22.2 Å². The van der Waals surface area contributed by atoms with Gasteiger partial charge in [0.25, 0.3) is 0 Å². The molecule has 1 aliphatic heterocycles. The first-order valence-corrected chi connectivity index (χ1v) is 10.9. The molecule has 25 heavy (non-hydrogen) atoms. The summed E-state index contributed by atoms with van der Waals surface area (Å²) in [5, 5.41) is 7.27. The fourth-order valence-electron chi connectivity index (χ4n) is 3.98. The van der Waals surface area contributed by atoms with E-state index in [1.807, 2.05) is 24.3 Å². The number of hydrogen-bond acceptors (Lipinski definition) is 5. The summed E-state index contributed by atoms with van der Waals surface area (Å²) in [6, 6.07) is 8.73. The fourth-order valence-corrected chi connectivity index (χ4v) is 4.83. The molecule has 1 saturated heterocycles. The largest absolute Gasteiger partial charge is 0.379 e. The molecule has 0 radical (unpaired) electrons. The second-order valence-corrected chi connectivity index (χ2v) is 9.20. The summed E-state index contributed by atoms with van der Waals surface area (Å²) in [5.41, 5.74) is 1.99. The predicted molar refractivity (Wildman–Crippen MR) is 103 cm³/mol. The van der Waals surface area contributed by atoms with Crippen LogP contribution in [0.15, 0.2) is 24.3 Å². The number of morpholine rings is 1. The third kappa shape index (κ3) is 5.93. The Balaban J connectivity index is 0.00000225. The summed E-state index contributed by atoms with van der Waals surface area (Å²) >= 11 is 0. The van der Waals surface area contributed by atoms with Gasteiger partial charge in [-0.15, -0.1) is 12.4 Å². The second-order valence-electron chi connectivity index (χ2n) is 7.06. The minimum atomic E-state index is -3.02. The predicted octanol–water partition coefficient (Wildman–Crippen LogP) is 1.90. The maximum atomic E-state index is 11.6. The summed E-state index contributed by atoms with van der Waals surface area (Å²) in [6.07, 6.45) is 4.94. The van der Waals surface area contributed by atoms with Gasteiger partial charge in [0.15, 0.2) is 9.84 Å². The van der Waals surface area contributed by atoms with Crippen LogP contribution in [0.25, 0.3) is 0 Å². The van der Waals surface area contributed by atoms with Crippen molar-refractivity contribution in [2.45, 2.75) is 43.6 Å². The highest BCUT2D eigenvalue weighted by molar-refractivity contribution is 7.89. The van der Waals surface area contributed by atoms with Crippen molar-refractivity contribution < 1.29 is 13.2 Å². The molecule has 3 atom stereocenters. The van der Waals surface area contributed by atoms with Gasteiger partial charge in [-0.05, 0) is 29.9 Å². The van der Waals surface area contributed by atoms with E-state index in [2.05, 4.69) is 10.6 Å². The Morgan fingerprint density at radius 1 is 1.24 bits per heavy atom. The molecule has 3 unspecified atom stereocenters. The van der Waals surface area contributed by atoms with Gasteiger partial charge in [0.1, 0.15) is 0 Å². The third-order valence-electron chi connectivity index (χ3n) is 5.13. The molecule has 1 aromatic rings. The van der Waals surface area contributed by atoms with Crippen LogP contribution in [-0.4, -0.2) is 46.5 Å². The summed E-state index contributed by atoms with van der Waals surface area (Å²) in [4.78, 5) is 0. The van der Waals surface area contributed by atoms with Gasteiger partial charge in [0, 0.05) is 31.4 Å². The van der Waals surface area contributed by atoms with Crippen LogP contribution in [0.2, 0.25) is 0 Å². The highest BCUT2D eigenvalue weighted by Crippen LogP contribution is 2.30. The van der Waals surface area contributed by atoms with Gasteiger partial charge in [-0.25, -0.2) is 8.42 Å². The Hall–Kier alpha value is -0.660. The molecule has 2 N–H and O–H groups in total. The molecular formula is C18H29ClN2O3S. The van der Waals surface area contributed by atoms with E-state index < -0.39 is 9.84 Å². The van der Waals surface area contributed by atoms with Gasteiger partial charge in [0.05, 0.1) is 19.0 Å². The molecule has 142 valence electrons. The SMILES string of the molecule is CS(=O)(=O)Cc1ccccc1CNC1CCCC1C1COCCN1.Cl. The zero-order chi connectivity index (χ0) is 17.0. The minimum absolute atomic E-state index is 0. The second kappa shape index (κ2) is 9.33. The standard InChI is InChI=1S/C18H28N2O3S.ClH/c1-24(21,22)13-15-6-3-2-5-14(15)11-20-17-8-4-7-16(17)18-12-23-10-9-19-18;/h2-3,5-6,16-20H,4,7-13H2,1H3;1H. The Kier molecular flexibility index (Phi) is 7.70. The van der Waals surface area contributed by atoms with Gasteiger partial charge >= 0.3 is 0 Å². The van der Waals surface area contributed by atoms with Crippen molar-refractivity contribution in [1.82, 2.24) is 10.6 Å². The molecule has 2 fully saturated rings. The van der Waals surface area contributed by atoms with E-state index >= 15 is 0 Å². The molecule has 7 heteroatoms. The van der Waals surface area contributed by atoms with E-state index in [0.717, 1.165) is 37.4 Å². The maximum absolute atomic E-state index is 11.6. The number of rotatable bonds is 6. The van der Waals surface area contributed by atoms with Crippen LogP contribution in [0.1, 0.15) is 30.4 Å². The average Bonchev–Trinajstić information content (AvgIpc) is 3.02. The van der Waals surface area contributed by atoms with Gasteiger partial charge in [-0.1, -0.05) is 30.7 Å². The molecule has 1 aromatic carbocycles. The van der Waals surface area contributed by atoms with Crippen molar-refractivity contribution in [2.75, 3.05) is 26.0 Å². The van der Waals surface area contributed by atoms with E-state index in [1.54, 1.807) is 0 Å². The Bertz CT molecular complexity index is 647. The molecule has 5 nitrogen and oxygen atoms in total. The Labute approximate surface area is 157 Å². The number of hydrogen-bond donors (Lipinski definition) is 2. The summed E-state index contributed by atoms with van der Waals surface area (Å²) in [6.45, 7) is 3.26. The molecule has 1 aliphatic carbocycles. The molecule has 1 saturated carbocycles. The van der Waals surface area contributed by atoms with Gasteiger partial charge in [-0.2, -0.15) is 0 Å². The Morgan fingerprint density at radius 3 is 2.68 bits per heavy atom. The first-order chi connectivity index (χ1) is 11.5. The molecule has 0 aromatic heterocycles. The number of sulfone groups is 1. The van der Waals surface area contributed by atoms with Crippen molar-refractivity contribution in [1.29, 1.82) is 0 Å². The molecule has 2 aliphatic rings. The number of benzene rings is 1. The normalized spacial score (nSPS) is 27.0. The van der Waals surface area contributed by atoms with Crippen molar-refractivity contribution in [3.63, 3.8) is 0 Å². The fraction of sp³-hybridized carbons (Fsp3) is 0.667. The van der Waals surface area contributed by atoms with Crippen LogP contribution < -0.4 is 10.6 Å². The maximum Gasteiger partial charge on any atom is 0.151 e. The molecule has 1 heterocycles. The summed E-state index contributed by atoms with van der Waals surface area (Å²) in [7, 11) is -3.02. The molecule has 0 bridgehead atoms. The lowest BCUT2D eigenvalue weighted by Crippen LogP contribution is -2.50. The quantitative estimate of drug-likeness (QED) is 0.779. The monoisotopic (exact) mass is 388 g/mol. The summed E-state index contributed by atoms with van der Waals surface area (Å²) in [5.74, 6) is 0.698. The minimum Gasteiger partial charge on any atom is -0.379 e. The average molecular weight is 389 g/mol. The highest BCUT2D eigenvalue weighted by Gasteiger charge is 2.34. The van der Waals surface area contributed by atoms with Gasteiger partial charge < -0.3 is 15.4 Å². The lowest BCUT2D eigenvalue weighted by molar-refractivity contribution is 0.0524. The summed E-state index contributed by atoms with van der Waals surface area (Å²) < 4.78 is 28.9. The lowest BCUT2D eigenvalue weighted by atomic mass is 9.93. The zero-order valence-corrected chi connectivity index (χ0v) is 16.4. The van der Waals surface area contributed by atoms with E-state index in [0.29, 0.717) is 18.0 Å². The van der Waals surface area contributed by atoms with Crippen LogP contribution in [-0.2, 0) is 26.9 Å². The van der Waals surface area contributed by atoms with Crippen LogP contribution in [0.3, 0.4) is 0 Å². The number of ether oxygens (including phenoxy) is 1. The van der Waals surface area contributed by atoms with Crippen LogP contribution in [0.5, 0.6) is 0 Å². The van der Waals surface area contributed by atoms with Crippen molar-refractivity contribution in [3.8, 4) is 0 Å². The van der Waals surface area contributed by atoms with Crippen molar-refractivity contribution in [3.05, 3.63) is 35.4 Å². The highest BCUT2D eigenvalue weighted by atomic mass is 35.5. The topological polar surface area (TPSA) is 67.4 Å². The zero-order valence-electron chi connectivity index (χ0n) is 14.7. The Morgan fingerprint density at radius 2 is 2.00 bits per heavy atom. The van der Waals surface area contributed by atoms with Crippen molar-refractivity contribution in [2.24, 2.45) is 5.92 Å². The smallest absolute Gasteiger partial charge is 0.151 e. The van der Waals surface area contributed by atoms with Crippen LogP contribution in [0.4, 0.5) is 0 Å². The van der Waals surface area contributed by atoms with Gasteiger partial charge in [-0.3, -0.25) is 0 Å². The van der Waals surface area contributed by atoms with E-state index in [1.165, 1.54) is 25.5 Å². The van der Waals surface area contributed by atoms with Gasteiger partial charge in [0.2, 0.25) is 0 Å². The van der Waals surface area contributed by atoms with Crippen LogP contribution in [0, 0.1) is 5.92 Å².